The SMILES string of the molecule is c1cnc2ccc3ncsc3c2c1. The lowest BCUT2D eigenvalue weighted by Gasteiger charge is -1.95. The van der Waals surface area contributed by atoms with Crippen LogP contribution in [0.25, 0.3) is 21.1 Å². The molecule has 1 aromatic carbocycles. The molecule has 13 heavy (non-hydrogen) atoms. The van der Waals surface area contributed by atoms with E-state index in [-0.39, 0.29) is 0 Å². The van der Waals surface area contributed by atoms with Crippen molar-refractivity contribution >= 4 is 32.5 Å². The Bertz CT molecular complexity index is 571. The molecule has 0 bridgehead atoms. The van der Waals surface area contributed by atoms with Gasteiger partial charge in [0.1, 0.15) is 0 Å². The minimum absolute atomic E-state index is 1.04. The number of hydrogen-bond acceptors (Lipinski definition) is 3. The number of rotatable bonds is 0. The Labute approximate surface area is 78.9 Å². The fourth-order valence-electron chi connectivity index (χ4n) is 1.48. The van der Waals surface area contributed by atoms with Crippen LogP contribution in [0.15, 0.2) is 36.0 Å². The van der Waals surface area contributed by atoms with Crippen LogP contribution in [0, 0.1) is 0 Å². The van der Waals surface area contributed by atoms with Crippen molar-refractivity contribution in [2.45, 2.75) is 0 Å². The van der Waals surface area contributed by atoms with E-state index in [0.29, 0.717) is 0 Å². The fourth-order valence-corrected chi connectivity index (χ4v) is 2.29. The Morgan fingerprint density at radius 3 is 2.92 bits per heavy atom. The predicted octanol–water partition coefficient (Wildman–Crippen LogP) is 2.84. The van der Waals surface area contributed by atoms with E-state index >= 15 is 0 Å². The summed E-state index contributed by atoms with van der Waals surface area (Å²) < 4.78 is 1.23. The van der Waals surface area contributed by atoms with Crippen LogP contribution >= 0.6 is 11.3 Å². The molecule has 3 rings (SSSR count). The van der Waals surface area contributed by atoms with E-state index < -0.39 is 0 Å². The van der Waals surface area contributed by atoms with Crippen LogP contribution in [0.5, 0.6) is 0 Å². The maximum absolute atomic E-state index is 4.29. The van der Waals surface area contributed by atoms with Gasteiger partial charge in [-0.25, -0.2) is 4.98 Å². The van der Waals surface area contributed by atoms with E-state index in [9.17, 15) is 0 Å². The molecule has 62 valence electrons. The van der Waals surface area contributed by atoms with Gasteiger partial charge in [-0.1, -0.05) is 0 Å². The molecule has 2 heterocycles. The number of fused-ring (bicyclic) bond motifs is 3. The average Bonchev–Trinajstić information content (AvgIpc) is 2.65. The average molecular weight is 186 g/mol. The van der Waals surface area contributed by atoms with E-state index in [2.05, 4.69) is 16.0 Å². The second-order valence-corrected chi connectivity index (χ2v) is 3.69. The quantitative estimate of drug-likeness (QED) is 0.539. The van der Waals surface area contributed by atoms with Crippen molar-refractivity contribution in [2.75, 3.05) is 0 Å². The van der Waals surface area contributed by atoms with E-state index in [4.69, 9.17) is 0 Å². The molecule has 0 aliphatic rings. The van der Waals surface area contributed by atoms with Crippen LogP contribution in [0.1, 0.15) is 0 Å². The summed E-state index contributed by atoms with van der Waals surface area (Å²) >= 11 is 1.67. The zero-order valence-electron chi connectivity index (χ0n) is 6.77. The van der Waals surface area contributed by atoms with Crippen LogP contribution in [-0.2, 0) is 0 Å². The summed E-state index contributed by atoms with van der Waals surface area (Å²) in [6.07, 6.45) is 1.81. The Kier molecular flexibility index (Phi) is 1.34. The van der Waals surface area contributed by atoms with Crippen molar-refractivity contribution in [2.24, 2.45) is 0 Å². The number of thiazole rings is 1. The number of nitrogens with zero attached hydrogens (tertiary/aromatic N) is 2. The summed E-state index contributed by atoms with van der Waals surface area (Å²) in [7, 11) is 0. The lowest BCUT2D eigenvalue weighted by atomic mass is 10.2. The van der Waals surface area contributed by atoms with E-state index in [1.807, 2.05) is 29.9 Å². The predicted molar refractivity (Wildman–Crippen MR) is 54.9 cm³/mol. The van der Waals surface area contributed by atoms with Crippen LogP contribution in [-0.4, -0.2) is 9.97 Å². The molecular weight excluding hydrogens is 180 g/mol. The van der Waals surface area contributed by atoms with Crippen molar-refractivity contribution in [1.82, 2.24) is 9.97 Å². The molecule has 0 radical (unpaired) electrons. The first-order valence-corrected chi connectivity index (χ1v) is 4.90. The van der Waals surface area contributed by atoms with Crippen molar-refractivity contribution in [1.29, 1.82) is 0 Å². The molecule has 2 aromatic heterocycles. The van der Waals surface area contributed by atoms with E-state index in [1.165, 1.54) is 10.1 Å². The third-order valence-corrected chi connectivity index (χ3v) is 2.95. The molecule has 3 heteroatoms. The molecule has 3 aromatic rings. The van der Waals surface area contributed by atoms with Crippen molar-refractivity contribution < 1.29 is 0 Å². The monoisotopic (exact) mass is 186 g/mol. The first-order valence-electron chi connectivity index (χ1n) is 4.02. The molecule has 0 fully saturated rings. The van der Waals surface area contributed by atoms with Gasteiger partial charge in [0.05, 0.1) is 21.2 Å². The topological polar surface area (TPSA) is 25.8 Å². The molecular formula is C10H6N2S. The normalized spacial score (nSPS) is 11.1. The summed E-state index contributed by atoms with van der Waals surface area (Å²) in [5, 5.41) is 1.20. The van der Waals surface area contributed by atoms with Gasteiger partial charge in [0.2, 0.25) is 0 Å². The summed E-state index contributed by atoms with van der Waals surface area (Å²) in [5.74, 6) is 0. The summed E-state index contributed by atoms with van der Waals surface area (Å²) in [5.41, 5.74) is 3.97. The van der Waals surface area contributed by atoms with Gasteiger partial charge in [0.25, 0.3) is 0 Å². The van der Waals surface area contributed by atoms with Gasteiger partial charge >= 0.3 is 0 Å². The zero-order valence-corrected chi connectivity index (χ0v) is 7.58. The summed E-state index contributed by atoms with van der Waals surface area (Å²) in [6.45, 7) is 0. The first-order chi connectivity index (χ1) is 6.45. The number of benzene rings is 1. The minimum Gasteiger partial charge on any atom is -0.256 e. The Hall–Kier alpha value is -1.48. The molecule has 0 unspecified atom stereocenters. The zero-order chi connectivity index (χ0) is 8.67. The minimum atomic E-state index is 1.04. The lowest BCUT2D eigenvalue weighted by Crippen LogP contribution is -1.76. The maximum atomic E-state index is 4.29. The van der Waals surface area contributed by atoms with Gasteiger partial charge < -0.3 is 0 Å². The third kappa shape index (κ3) is 0.939. The maximum Gasteiger partial charge on any atom is 0.0819 e. The van der Waals surface area contributed by atoms with Gasteiger partial charge in [0, 0.05) is 11.6 Å². The molecule has 0 amide bonds. The molecule has 0 saturated heterocycles. The van der Waals surface area contributed by atoms with Crippen LogP contribution in [0.4, 0.5) is 0 Å². The second-order valence-electron chi connectivity index (χ2n) is 2.84. The highest BCUT2D eigenvalue weighted by Gasteiger charge is 2.01. The van der Waals surface area contributed by atoms with E-state index in [0.717, 1.165) is 11.0 Å². The molecule has 2 nitrogen and oxygen atoms in total. The number of hydrogen-bond donors (Lipinski definition) is 0. The van der Waals surface area contributed by atoms with Gasteiger partial charge in [0.15, 0.2) is 0 Å². The summed E-state index contributed by atoms with van der Waals surface area (Å²) in [6, 6.07) is 8.07. The van der Waals surface area contributed by atoms with Gasteiger partial charge in [-0.15, -0.1) is 11.3 Å². The highest BCUT2D eigenvalue weighted by atomic mass is 32.1. The first kappa shape index (κ1) is 6.97. The number of pyridine rings is 1. The van der Waals surface area contributed by atoms with Crippen molar-refractivity contribution in [3.63, 3.8) is 0 Å². The molecule has 0 atom stereocenters. The molecule has 0 aliphatic heterocycles. The number of aromatic nitrogens is 2. The van der Waals surface area contributed by atoms with E-state index in [1.54, 1.807) is 11.3 Å². The highest BCUT2D eigenvalue weighted by Crippen LogP contribution is 2.26. The van der Waals surface area contributed by atoms with Crippen LogP contribution in [0.2, 0.25) is 0 Å². The second kappa shape index (κ2) is 2.50. The van der Waals surface area contributed by atoms with Crippen molar-refractivity contribution in [3.05, 3.63) is 36.0 Å². The fraction of sp³-hybridized carbons (Fsp3) is 0. The largest absolute Gasteiger partial charge is 0.256 e. The lowest BCUT2D eigenvalue weighted by molar-refractivity contribution is 1.42. The Morgan fingerprint density at radius 1 is 1.00 bits per heavy atom. The van der Waals surface area contributed by atoms with Crippen molar-refractivity contribution in [3.8, 4) is 0 Å². The Balaban J connectivity index is 2.65. The van der Waals surface area contributed by atoms with Gasteiger partial charge in [-0.05, 0) is 24.3 Å². The summed E-state index contributed by atoms with van der Waals surface area (Å²) in [4.78, 5) is 8.55. The van der Waals surface area contributed by atoms with Gasteiger partial charge in [-0.2, -0.15) is 0 Å². The van der Waals surface area contributed by atoms with Crippen LogP contribution < -0.4 is 0 Å². The molecule has 0 saturated carbocycles. The third-order valence-electron chi connectivity index (χ3n) is 2.08. The smallest absolute Gasteiger partial charge is 0.0819 e. The van der Waals surface area contributed by atoms with Gasteiger partial charge in [-0.3, -0.25) is 4.98 Å². The Morgan fingerprint density at radius 2 is 1.92 bits per heavy atom. The standard InChI is InChI=1S/C10H6N2S/c1-2-7-8(11-5-1)3-4-9-10(7)13-6-12-9/h1-6H. The molecule has 0 aliphatic carbocycles. The highest BCUT2D eigenvalue weighted by molar-refractivity contribution is 7.17. The van der Waals surface area contributed by atoms with Crippen LogP contribution in [0.3, 0.4) is 0 Å². The molecule has 0 spiro atoms. The molecule has 0 N–H and O–H groups in total.